The van der Waals surface area contributed by atoms with Gasteiger partial charge in [0.15, 0.2) is 0 Å². The maximum atomic E-state index is 5.51. The van der Waals surface area contributed by atoms with Crippen molar-refractivity contribution in [3.8, 4) is 5.69 Å². The van der Waals surface area contributed by atoms with Gasteiger partial charge in [0.2, 0.25) is 0 Å². The van der Waals surface area contributed by atoms with Crippen molar-refractivity contribution in [1.29, 1.82) is 0 Å². The average molecular weight is 271 g/mol. The number of benzene rings is 1. The zero-order valence-corrected chi connectivity index (χ0v) is 11.8. The highest BCUT2D eigenvalue weighted by molar-refractivity contribution is 5.35. The van der Waals surface area contributed by atoms with Crippen LogP contribution in [0.3, 0.4) is 0 Å². The summed E-state index contributed by atoms with van der Waals surface area (Å²) < 4.78 is 7.52. The van der Waals surface area contributed by atoms with Crippen molar-refractivity contribution in [1.82, 2.24) is 14.9 Å². The van der Waals surface area contributed by atoms with Crippen LogP contribution in [0, 0.1) is 0 Å². The maximum Gasteiger partial charge on any atom is 0.0991 e. The standard InChI is InChI=1S/C16H21N3O/c1-13(18-15-3-2-10-20-11-15)14-4-6-16(7-5-14)19-9-8-17-12-19/h4-9,12-13,15,18H,2-3,10-11H2,1H3. The number of rotatable bonds is 4. The van der Waals surface area contributed by atoms with E-state index in [-0.39, 0.29) is 0 Å². The van der Waals surface area contributed by atoms with E-state index in [0.717, 1.165) is 25.3 Å². The lowest BCUT2D eigenvalue weighted by Crippen LogP contribution is -2.38. The lowest BCUT2D eigenvalue weighted by atomic mass is 10.0. The minimum absolute atomic E-state index is 0.346. The largest absolute Gasteiger partial charge is 0.380 e. The first kappa shape index (κ1) is 13.3. The van der Waals surface area contributed by atoms with Gasteiger partial charge in [-0.25, -0.2) is 4.98 Å². The van der Waals surface area contributed by atoms with E-state index < -0.39 is 0 Å². The molecular formula is C16H21N3O. The molecule has 1 aromatic heterocycles. The summed E-state index contributed by atoms with van der Waals surface area (Å²) in [6.45, 7) is 3.95. The number of hydrogen-bond acceptors (Lipinski definition) is 3. The van der Waals surface area contributed by atoms with Gasteiger partial charge in [-0.3, -0.25) is 0 Å². The fourth-order valence-electron chi connectivity index (χ4n) is 2.67. The van der Waals surface area contributed by atoms with E-state index in [1.807, 2.05) is 17.1 Å². The van der Waals surface area contributed by atoms with Crippen LogP contribution in [0.2, 0.25) is 0 Å². The van der Waals surface area contributed by atoms with Crippen molar-refractivity contribution < 1.29 is 4.74 Å². The molecule has 2 aromatic rings. The van der Waals surface area contributed by atoms with Gasteiger partial charge < -0.3 is 14.6 Å². The second-order valence-electron chi connectivity index (χ2n) is 5.36. The van der Waals surface area contributed by atoms with E-state index in [9.17, 15) is 0 Å². The first-order chi connectivity index (χ1) is 9.83. The summed E-state index contributed by atoms with van der Waals surface area (Å²) in [6, 6.07) is 9.44. The van der Waals surface area contributed by atoms with Gasteiger partial charge >= 0.3 is 0 Å². The summed E-state index contributed by atoms with van der Waals surface area (Å²) in [7, 11) is 0. The molecule has 1 fully saturated rings. The Morgan fingerprint density at radius 3 is 2.85 bits per heavy atom. The van der Waals surface area contributed by atoms with Crippen LogP contribution >= 0.6 is 0 Å². The Bertz CT molecular complexity index is 515. The second-order valence-corrected chi connectivity index (χ2v) is 5.36. The highest BCUT2D eigenvalue weighted by Gasteiger charge is 2.16. The predicted octanol–water partition coefficient (Wildman–Crippen LogP) is 2.70. The number of nitrogens with zero attached hydrogens (tertiary/aromatic N) is 2. The Balaban J connectivity index is 1.64. The number of nitrogens with one attached hydrogen (secondary N) is 1. The Morgan fingerprint density at radius 1 is 1.35 bits per heavy atom. The molecule has 0 bridgehead atoms. The molecule has 0 saturated carbocycles. The molecule has 106 valence electrons. The van der Waals surface area contributed by atoms with Crippen molar-refractivity contribution in [2.75, 3.05) is 13.2 Å². The van der Waals surface area contributed by atoms with Gasteiger partial charge in [0.05, 0.1) is 12.9 Å². The number of aromatic nitrogens is 2. The molecule has 1 aliphatic rings. The zero-order chi connectivity index (χ0) is 13.8. The van der Waals surface area contributed by atoms with Crippen LogP contribution in [0.1, 0.15) is 31.4 Å². The SMILES string of the molecule is CC(NC1CCCOC1)c1ccc(-n2ccnc2)cc1. The third kappa shape index (κ3) is 3.08. The smallest absolute Gasteiger partial charge is 0.0991 e. The number of imidazole rings is 1. The molecule has 0 radical (unpaired) electrons. The predicted molar refractivity (Wildman–Crippen MR) is 79.0 cm³/mol. The van der Waals surface area contributed by atoms with E-state index in [2.05, 4.69) is 41.5 Å². The van der Waals surface area contributed by atoms with Crippen LogP contribution < -0.4 is 5.32 Å². The summed E-state index contributed by atoms with van der Waals surface area (Å²) in [5.41, 5.74) is 2.44. The fourth-order valence-corrected chi connectivity index (χ4v) is 2.67. The topological polar surface area (TPSA) is 39.1 Å². The molecule has 1 aliphatic heterocycles. The second kappa shape index (κ2) is 6.20. The number of hydrogen-bond donors (Lipinski definition) is 1. The van der Waals surface area contributed by atoms with Gasteiger partial charge in [0, 0.05) is 36.8 Å². The van der Waals surface area contributed by atoms with Crippen LogP contribution in [0.5, 0.6) is 0 Å². The van der Waals surface area contributed by atoms with E-state index in [0.29, 0.717) is 12.1 Å². The Kier molecular flexibility index (Phi) is 4.14. The molecule has 1 aromatic carbocycles. The van der Waals surface area contributed by atoms with Gasteiger partial charge in [-0.1, -0.05) is 12.1 Å². The molecular weight excluding hydrogens is 250 g/mol. The third-order valence-electron chi connectivity index (χ3n) is 3.84. The summed E-state index contributed by atoms with van der Waals surface area (Å²) in [4.78, 5) is 4.07. The van der Waals surface area contributed by atoms with E-state index in [4.69, 9.17) is 4.74 Å². The first-order valence-corrected chi connectivity index (χ1v) is 7.25. The van der Waals surface area contributed by atoms with E-state index in [1.165, 1.54) is 12.0 Å². The molecule has 2 heterocycles. The minimum atomic E-state index is 0.346. The normalized spacial score (nSPS) is 20.8. The fraction of sp³-hybridized carbons (Fsp3) is 0.438. The van der Waals surface area contributed by atoms with Gasteiger partial charge in [0.25, 0.3) is 0 Å². The lowest BCUT2D eigenvalue weighted by molar-refractivity contribution is 0.0671. The van der Waals surface area contributed by atoms with Crippen molar-refractivity contribution in [2.45, 2.75) is 31.8 Å². The molecule has 2 atom stereocenters. The van der Waals surface area contributed by atoms with Crippen LogP contribution in [0.25, 0.3) is 5.69 Å². The molecule has 0 amide bonds. The van der Waals surface area contributed by atoms with Crippen molar-refractivity contribution in [3.05, 3.63) is 48.5 Å². The van der Waals surface area contributed by atoms with E-state index >= 15 is 0 Å². The van der Waals surface area contributed by atoms with Crippen LogP contribution in [-0.2, 0) is 4.74 Å². The van der Waals surface area contributed by atoms with Crippen LogP contribution in [-0.4, -0.2) is 28.8 Å². The highest BCUT2D eigenvalue weighted by atomic mass is 16.5. The van der Waals surface area contributed by atoms with Gasteiger partial charge in [-0.15, -0.1) is 0 Å². The molecule has 4 heteroatoms. The van der Waals surface area contributed by atoms with Gasteiger partial charge in [-0.05, 0) is 37.5 Å². The summed E-state index contributed by atoms with van der Waals surface area (Å²) in [5, 5.41) is 3.65. The Labute approximate surface area is 119 Å². The maximum absolute atomic E-state index is 5.51. The zero-order valence-electron chi connectivity index (χ0n) is 11.8. The van der Waals surface area contributed by atoms with Gasteiger partial charge in [0.1, 0.15) is 0 Å². The minimum Gasteiger partial charge on any atom is -0.380 e. The molecule has 3 rings (SSSR count). The summed E-state index contributed by atoms with van der Waals surface area (Å²) in [6.07, 6.45) is 7.93. The molecule has 1 saturated heterocycles. The Morgan fingerprint density at radius 2 is 2.20 bits per heavy atom. The molecule has 20 heavy (non-hydrogen) atoms. The highest BCUT2D eigenvalue weighted by Crippen LogP contribution is 2.18. The molecule has 1 N–H and O–H groups in total. The molecule has 0 spiro atoms. The first-order valence-electron chi connectivity index (χ1n) is 7.25. The van der Waals surface area contributed by atoms with Crippen molar-refractivity contribution in [2.24, 2.45) is 0 Å². The quantitative estimate of drug-likeness (QED) is 0.929. The van der Waals surface area contributed by atoms with E-state index in [1.54, 1.807) is 6.20 Å². The number of ether oxygens (including phenoxy) is 1. The molecule has 4 nitrogen and oxygen atoms in total. The molecule has 2 unspecified atom stereocenters. The van der Waals surface area contributed by atoms with Crippen molar-refractivity contribution >= 4 is 0 Å². The summed E-state index contributed by atoms with van der Waals surface area (Å²) in [5.74, 6) is 0. The third-order valence-corrected chi connectivity index (χ3v) is 3.84. The lowest BCUT2D eigenvalue weighted by Gasteiger charge is -2.27. The summed E-state index contributed by atoms with van der Waals surface area (Å²) >= 11 is 0. The monoisotopic (exact) mass is 271 g/mol. The van der Waals surface area contributed by atoms with Crippen LogP contribution in [0.15, 0.2) is 43.0 Å². The van der Waals surface area contributed by atoms with Crippen molar-refractivity contribution in [3.63, 3.8) is 0 Å². The van der Waals surface area contributed by atoms with Crippen LogP contribution in [0.4, 0.5) is 0 Å². The average Bonchev–Trinajstić information content (AvgIpc) is 3.03. The molecule has 0 aliphatic carbocycles. The van der Waals surface area contributed by atoms with Gasteiger partial charge in [-0.2, -0.15) is 0 Å². The Hall–Kier alpha value is -1.65.